The number of carbonyl (C=O) groups excluding carboxylic acids is 1. The molecule has 0 unspecified atom stereocenters. The van der Waals surface area contributed by atoms with Crippen molar-refractivity contribution in [3.63, 3.8) is 0 Å². The number of carboxylic acids is 1. The van der Waals surface area contributed by atoms with Gasteiger partial charge >= 0.3 is 5.97 Å². The first kappa shape index (κ1) is 12.3. The molecule has 1 rings (SSSR count). The zero-order valence-electron chi connectivity index (χ0n) is 9.16. The molecule has 0 aromatic carbocycles. The van der Waals surface area contributed by atoms with E-state index in [0.29, 0.717) is 6.54 Å². The van der Waals surface area contributed by atoms with E-state index in [-0.39, 0.29) is 17.4 Å². The van der Waals surface area contributed by atoms with Crippen LogP contribution in [0.4, 0.5) is 0 Å². The number of unbranched alkanes of at least 4 members (excludes halogenated alkanes) is 2. The molecular formula is C11H15NO4. The number of furan rings is 1. The maximum atomic E-state index is 11.4. The molecule has 0 saturated heterocycles. The van der Waals surface area contributed by atoms with Gasteiger partial charge in [0.1, 0.15) is 0 Å². The summed E-state index contributed by atoms with van der Waals surface area (Å²) in [6, 6.07) is 2.63. The van der Waals surface area contributed by atoms with E-state index < -0.39 is 5.97 Å². The van der Waals surface area contributed by atoms with Crippen LogP contribution in [0.2, 0.25) is 0 Å². The monoisotopic (exact) mass is 225 g/mol. The zero-order chi connectivity index (χ0) is 12.0. The summed E-state index contributed by atoms with van der Waals surface area (Å²) in [6.07, 6.45) is 3.05. The largest absolute Gasteiger partial charge is 0.475 e. The summed E-state index contributed by atoms with van der Waals surface area (Å²) >= 11 is 0. The first-order chi connectivity index (χ1) is 7.65. The first-order valence-corrected chi connectivity index (χ1v) is 5.26. The highest BCUT2D eigenvalue weighted by molar-refractivity contribution is 5.93. The third-order valence-corrected chi connectivity index (χ3v) is 2.11. The second-order valence-corrected chi connectivity index (χ2v) is 3.43. The Morgan fingerprint density at radius 1 is 1.31 bits per heavy atom. The molecule has 0 spiro atoms. The molecule has 5 nitrogen and oxygen atoms in total. The van der Waals surface area contributed by atoms with Gasteiger partial charge < -0.3 is 14.8 Å². The van der Waals surface area contributed by atoms with Gasteiger partial charge in [-0.1, -0.05) is 19.8 Å². The number of carboxylic acid groups (broad SMARTS) is 1. The average Bonchev–Trinajstić information content (AvgIpc) is 2.73. The van der Waals surface area contributed by atoms with E-state index in [2.05, 4.69) is 12.2 Å². The third-order valence-electron chi connectivity index (χ3n) is 2.11. The molecule has 0 atom stereocenters. The number of hydrogen-bond acceptors (Lipinski definition) is 3. The number of rotatable bonds is 6. The van der Waals surface area contributed by atoms with Crippen molar-refractivity contribution in [1.29, 1.82) is 0 Å². The SMILES string of the molecule is CCCCCNC(=O)c1ccc(C(=O)O)o1. The van der Waals surface area contributed by atoms with E-state index >= 15 is 0 Å². The number of nitrogens with one attached hydrogen (secondary N) is 1. The van der Waals surface area contributed by atoms with Crippen molar-refractivity contribution in [3.05, 3.63) is 23.7 Å². The predicted octanol–water partition coefficient (Wildman–Crippen LogP) is 1.90. The van der Waals surface area contributed by atoms with Crippen molar-refractivity contribution < 1.29 is 19.1 Å². The summed E-state index contributed by atoms with van der Waals surface area (Å²) in [5.41, 5.74) is 0. The van der Waals surface area contributed by atoms with Gasteiger partial charge in [-0.3, -0.25) is 4.79 Å². The van der Waals surface area contributed by atoms with Crippen molar-refractivity contribution in [1.82, 2.24) is 5.32 Å². The molecule has 88 valence electrons. The summed E-state index contributed by atoms with van der Waals surface area (Å²) in [7, 11) is 0. The molecule has 0 radical (unpaired) electrons. The van der Waals surface area contributed by atoms with Crippen LogP contribution in [0.3, 0.4) is 0 Å². The minimum Gasteiger partial charge on any atom is -0.475 e. The minimum atomic E-state index is -1.18. The van der Waals surface area contributed by atoms with Crippen LogP contribution >= 0.6 is 0 Å². The Morgan fingerprint density at radius 2 is 2.00 bits per heavy atom. The molecule has 0 aliphatic heterocycles. The lowest BCUT2D eigenvalue weighted by molar-refractivity contribution is 0.0659. The predicted molar refractivity (Wildman–Crippen MR) is 57.5 cm³/mol. The Balaban J connectivity index is 2.43. The van der Waals surface area contributed by atoms with Gasteiger partial charge in [0.05, 0.1) is 0 Å². The summed E-state index contributed by atoms with van der Waals surface area (Å²) in [5.74, 6) is -1.73. The summed E-state index contributed by atoms with van der Waals surface area (Å²) in [4.78, 5) is 22.0. The van der Waals surface area contributed by atoms with E-state index in [1.807, 2.05) is 0 Å². The van der Waals surface area contributed by atoms with Crippen molar-refractivity contribution in [2.45, 2.75) is 26.2 Å². The van der Waals surface area contributed by atoms with Crippen molar-refractivity contribution in [2.24, 2.45) is 0 Å². The van der Waals surface area contributed by atoms with E-state index in [1.165, 1.54) is 12.1 Å². The molecule has 0 bridgehead atoms. The van der Waals surface area contributed by atoms with Crippen molar-refractivity contribution in [2.75, 3.05) is 6.54 Å². The standard InChI is InChI=1S/C11H15NO4/c1-2-3-4-7-12-10(13)8-5-6-9(16-8)11(14)15/h5-6H,2-4,7H2,1H3,(H,12,13)(H,14,15). The summed E-state index contributed by atoms with van der Waals surface area (Å²) in [5, 5.41) is 11.3. The molecule has 0 fully saturated rings. The lowest BCUT2D eigenvalue weighted by Gasteiger charge is -2.01. The maximum Gasteiger partial charge on any atom is 0.371 e. The van der Waals surface area contributed by atoms with Gasteiger partial charge in [-0.2, -0.15) is 0 Å². The molecule has 1 aromatic rings. The van der Waals surface area contributed by atoms with Crippen molar-refractivity contribution >= 4 is 11.9 Å². The molecule has 1 aromatic heterocycles. The molecular weight excluding hydrogens is 210 g/mol. The fraction of sp³-hybridized carbons (Fsp3) is 0.455. The number of carbonyl (C=O) groups is 2. The topological polar surface area (TPSA) is 79.5 Å². The Morgan fingerprint density at radius 3 is 2.56 bits per heavy atom. The maximum absolute atomic E-state index is 11.4. The minimum absolute atomic E-state index is 0.0360. The fourth-order valence-electron chi connectivity index (χ4n) is 1.24. The van der Waals surface area contributed by atoms with Gasteiger partial charge in [0.15, 0.2) is 5.76 Å². The molecule has 0 saturated carbocycles. The lowest BCUT2D eigenvalue weighted by atomic mass is 10.2. The Kier molecular flexibility index (Phi) is 4.57. The number of amides is 1. The Bertz CT molecular complexity index is 370. The molecule has 0 aliphatic rings. The Hall–Kier alpha value is -1.78. The van der Waals surface area contributed by atoms with Gasteiger partial charge in [0, 0.05) is 6.54 Å². The van der Waals surface area contributed by atoms with E-state index in [9.17, 15) is 9.59 Å². The van der Waals surface area contributed by atoms with Crippen LogP contribution in [0, 0.1) is 0 Å². The normalized spacial score (nSPS) is 10.1. The van der Waals surface area contributed by atoms with Crippen LogP contribution in [0.5, 0.6) is 0 Å². The second-order valence-electron chi connectivity index (χ2n) is 3.43. The molecule has 2 N–H and O–H groups in total. The molecule has 5 heteroatoms. The summed E-state index contributed by atoms with van der Waals surface area (Å²) in [6.45, 7) is 2.66. The third kappa shape index (κ3) is 3.42. The van der Waals surface area contributed by atoms with Crippen LogP contribution in [-0.4, -0.2) is 23.5 Å². The molecule has 1 heterocycles. The van der Waals surface area contributed by atoms with Crippen LogP contribution in [-0.2, 0) is 0 Å². The van der Waals surface area contributed by atoms with Gasteiger partial charge in [-0.05, 0) is 18.6 Å². The highest BCUT2D eigenvalue weighted by Gasteiger charge is 2.13. The highest BCUT2D eigenvalue weighted by Crippen LogP contribution is 2.07. The van der Waals surface area contributed by atoms with Crippen LogP contribution in [0.1, 0.15) is 47.3 Å². The molecule has 0 aliphatic carbocycles. The number of hydrogen-bond donors (Lipinski definition) is 2. The quantitative estimate of drug-likeness (QED) is 0.724. The van der Waals surface area contributed by atoms with Crippen LogP contribution in [0.25, 0.3) is 0 Å². The molecule has 16 heavy (non-hydrogen) atoms. The fourth-order valence-corrected chi connectivity index (χ4v) is 1.24. The van der Waals surface area contributed by atoms with Crippen molar-refractivity contribution in [3.8, 4) is 0 Å². The highest BCUT2D eigenvalue weighted by atomic mass is 16.4. The van der Waals surface area contributed by atoms with E-state index in [1.54, 1.807) is 0 Å². The Labute approximate surface area is 93.4 Å². The smallest absolute Gasteiger partial charge is 0.371 e. The lowest BCUT2D eigenvalue weighted by Crippen LogP contribution is -2.23. The number of aromatic carboxylic acids is 1. The molecule has 1 amide bonds. The first-order valence-electron chi connectivity index (χ1n) is 5.26. The van der Waals surface area contributed by atoms with Crippen LogP contribution < -0.4 is 5.32 Å². The van der Waals surface area contributed by atoms with Gasteiger partial charge in [0.25, 0.3) is 5.91 Å². The van der Waals surface area contributed by atoms with Crippen LogP contribution in [0.15, 0.2) is 16.5 Å². The summed E-state index contributed by atoms with van der Waals surface area (Å²) < 4.78 is 4.85. The van der Waals surface area contributed by atoms with Gasteiger partial charge in [-0.25, -0.2) is 4.79 Å². The average molecular weight is 225 g/mol. The van der Waals surface area contributed by atoms with Gasteiger partial charge in [0.2, 0.25) is 5.76 Å². The zero-order valence-corrected chi connectivity index (χ0v) is 9.16. The second kappa shape index (κ2) is 5.95. The van der Waals surface area contributed by atoms with E-state index in [4.69, 9.17) is 9.52 Å². The van der Waals surface area contributed by atoms with E-state index in [0.717, 1.165) is 19.3 Å². The van der Waals surface area contributed by atoms with Gasteiger partial charge in [-0.15, -0.1) is 0 Å².